The zero-order chi connectivity index (χ0) is 13.5. The molecule has 0 atom stereocenters. The second kappa shape index (κ2) is 7.49. The van der Waals surface area contributed by atoms with Crippen molar-refractivity contribution in [2.24, 2.45) is 5.92 Å². The molecule has 3 nitrogen and oxygen atoms in total. The minimum absolute atomic E-state index is 0.145. The normalized spacial score (nSPS) is 16.7. The number of ketones is 1. The molecule has 1 aliphatic rings. The van der Waals surface area contributed by atoms with Gasteiger partial charge in [-0.2, -0.15) is 0 Å². The van der Waals surface area contributed by atoms with Crippen LogP contribution in [0.2, 0.25) is 0 Å². The van der Waals surface area contributed by atoms with Gasteiger partial charge in [0.1, 0.15) is 5.76 Å². The summed E-state index contributed by atoms with van der Waals surface area (Å²) in [7, 11) is 0. The van der Waals surface area contributed by atoms with Crippen molar-refractivity contribution in [2.75, 3.05) is 13.2 Å². The maximum absolute atomic E-state index is 11.9. The Labute approximate surface area is 115 Å². The Kier molecular flexibility index (Phi) is 5.64. The third kappa shape index (κ3) is 4.50. The van der Waals surface area contributed by atoms with Gasteiger partial charge in [0.25, 0.3) is 0 Å². The van der Waals surface area contributed by atoms with Gasteiger partial charge in [-0.3, -0.25) is 4.79 Å². The van der Waals surface area contributed by atoms with Crippen LogP contribution in [0.25, 0.3) is 0 Å². The zero-order valence-corrected chi connectivity index (χ0v) is 11.8. The number of rotatable bonds is 7. The third-order valence-electron chi connectivity index (χ3n) is 3.89. The second-order valence-electron chi connectivity index (χ2n) is 5.34. The number of ether oxygens (including phenoxy) is 1. The van der Waals surface area contributed by atoms with Gasteiger partial charge < -0.3 is 9.15 Å². The molecule has 0 unspecified atom stereocenters. The summed E-state index contributed by atoms with van der Waals surface area (Å²) in [6, 6.07) is 3.70. The number of unbranched alkanes of at least 4 members (excludes halogenated alkanes) is 1. The van der Waals surface area contributed by atoms with Crippen molar-refractivity contribution in [1.82, 2.24) is 0 Å². The molecule has 0 saturated carbocycles. The molecule has 0 N–H and O–H groups in total. The molecule has 1 aromatic rings. The number of hydrogen-bond donors (Lipinski definition) is 0. The predicted molar refractivity (Wildman–Crippen MR) is 74.4 cm³/mol. The van der Waals surface area contributed by atoms with Gasteiger partial charge in [0.15, 0.2) is 11.5 Å². The van der Waals surface area contributed by atoms with Crippen LogP contribution in [0.4, 0.5) is 0 Å². The SMILES string of the molecule is CCc1ccc(C(=O)CCCCC2CCOCC2)o1. The number of hydrogen-bond acceptors (Lipinski definition) is 3. The maximum Gasteiger partial charge on any atom is 0.197 e. The van der Waals surface area contributed by atoms with Crippen LogP contribution >= 0.6 is 0 Å². The quantitative estimate of drug-likeness (QED) is 0.551. The molecule has 0 aromatic carbocycles. The average molecular weight is 264 g/mol. The Hall–Kier alpha value is -1.09. The first kappa shape index (κ1) is 14.3. The fraction of sp³-hybridized carbons (Fsp3) is 0.688. The van der Waals surface area contributed by atoms with E-state index in [1.165, 1.54) is 19.3 Å². The van der Waals surface area contributed by atoms with E-state index in [-0.39, 0.29) is 5.78 Å². The fourth-order valence-corrected chi connectivity index (χ4v) is 2.59. The van der Waals surface area contributed by atoms with Crippen LogP contribution in [-0.2, 0) is 11.2 Å². The van der Waals surface area contributed by atoms with E-state index in [0.29, 0.717) is 12.2 Å². The molecule has 2 rings (SSSR count). The van der Waals surface area contributed by atoms with Gasteiger partial charge in [0.2, 0.25) is 0 Å². The van der Waals surface area contributed by atoms with E-state index in [2.05, 4.69) is 0 Å². The molecule has 1 aliphatic heterocycles. The molecular weight excluding hydrogens is 240 g/mol. The Morgan fingerprint density at radius 2 is 2.05 bits per heavy atom. The van der Waals surface area contributed by atoms with Gasteiger partial charge in [-0.25, -0.2) is 0 Å². The van der Waals surface area contributed by atoms with Crippen LogP contribution in [-0.4, -0.2) is 19.0 Å². The van der Waals surface area contributed by atoms with Crippen LogP contribution < -0.4 is 0 Å². The van der Waals surface area contributed by atoms with E-state index < -0.39 is 0 Å². The molecule has 19 heavy (non-hydrogen) atoms. The molecule has 2 heterocycles. The molecule has 1 aromatic heterocycles. The molecule has 1 saturated heterocycles. The molecule has 3 heteroatoms. The summed E-state index contributed by atoms with van der Waals surface area (Å²) in [6.07, 6.45) is 7.17. The number of carbonyl (C=O) groups excluding carboxylic acids is 1. The maximum atomic E-state index is 11.9. The van der Waals surface area contributed by atoms with Crippen molar-refractivity contribution in [3.05, 3.63) is 23.7 Å². The topological polar surface area (TPSA) is 39.4 Å². The fourth-order valence-electron chi connectivity index (χ4n) is 2.59. The van der Waals surface area contributed by atoms with E-state index in [1.807, 2.05) is 13.0 Å². The number of Topliss-reactive ketones (excluding diaryl/α,β-unsaturated/α-hetero) is 1. The first-order valence-corrected chi connectivity index (χ1v) is 7.49. The lowest BCUT2D eigenvalue weighted by molar-refractivity contribution is 0.0629. The first-order valence-electron chi connectivity index (χ1n) is 7.49. The molecule has 0 amide bonds. The van der Waals surface area contributed by atoms with Gasteiger partial charge in [0.05, 0.1) is 0 Å². The standard InChI is InChI=1S/C16H24O3/c1-2-14-7-8-16(19-14)15(17)6-4-3-5-13-9-11-18-12-10-13/h7-8,13H,2-6,9-12H2,1H3. The Morgan fingerprint density at radius 1 is 1.26 bits per heavy atom. The monoisotopic (exact) mass is 264 g/mol. The van der Waals surface area contributed by atoms with Gasteiger partial charge in [-0.15, -0.1) is 0 Å². The number of aryl methyl sites for hydroxylation is 1. The van der Waals surface area contributed by atoms with Gasteiger partial charge in [0, 0.05) is 26.1 Å². The highest BCUT2D eigenvalue weighted by molar-refractivity contribution is 5.93. The summed E-state index contributed by atoms with van der Waals surface area (Å²) < 4.78 is 10.8. The minimum Gasteiger partial charge on any atom is -0.458 e. The van der Waals surface area contributed by atoms with E-state index in [9.17, 15) is 4.79 Å². The molecule has 0 radical (unpaired) electrons. The smallest absolute Gasteiger partial charge is 0.197 e. The van der Waals surface area contributed by atoms with Gasteiger partial charge in [-0.05, 0) is 37.3 Å². The molecule has 1 fully saturated rings. The van der Waals surface area contributed by atoms with Gasteiger partial charge in [-0.1, -0.05) is 19.8 Å². The molecule has 0 aliphatic carbocycles. The highest BCUT2D eigenvalue weighted by atomic mass is 16.5. The first-order chi connectivity index (χ1) is 9.29. The van der Waals surface area contributed by atoms with Crippen LogP contribution in [0.3, 0.4) is 0 Å². The van der Waals surface area contributed by atoms with Gasteiger partial charge >= 0.3 is 0 Å². The number of carbonyl (C=O) groups is 1. The van der Waals surface area contributed by atoms with Crippen LogP contribution in [0.1, 0.15) is 61.8 Å². The van der Waals surface area contributed by atoms with Crippen LogP contribution in [0.15, 0.2) is 16.5 Å². The summed E-state index contributed by atoms with van der Waals surface area (Å²) in [4.78, 5) is 11.9. The molecule has 106 valence electrons. The highest BCUT2D eigenvalue weighted by Gasteiger charge is 2.14. The lowest BCUT2D eigenvalue weighted by Crippen LogP contribution is -2.15. The second-order valence-corrected chi connectivity index (χ2v) is 5.34. The highest BCUT2D eigenvalue weighted by Crippen LogP contribution is 2.21. The molecule has 0 bridgehead atoms. The van der Waals surface area contributed by atoms with Crippen molar-refractivity contribution in [2.45, 2.75) is 51.9 Å². The molecular formula is C16H24O3. The van der Waals surface area contributed by atoms with Crippen molar-refractivity contribution in [3.8, 4) is 0 Å². The third-order valence-corrected chi connectivity index (χ3v) is 3.89. The van der Waals surface area contributed by atoms with E-state index in [4.69, 9.17) is 9.15 Å². The Bertz CT molecular complexity index is 388. The summed E-state index contributed by atoms with van der Waals surface area (Å²) in [5, 5.41) is 0. The Morgan fingerprint density at radius 3 is 2.74 bits per heavy atom. The van der Waals surface area contributed by atoms with E-state index in [1.54, 1.807) is 6.07 Å². The zero-order valence-electron chi connectivity index (χ0n) is 11.8. The molecule has 0 spiro atoms. The summed E-state index contributed by atoms with van der Waals surface area (Å²) in [5.74, 6) is 2.37. The van der Waals surface area contributed by atoms with Crippen LogP contribution in [0, 0.1) is 5.92 Å². The Balaban J connectivity index is 1.63. The van der Waals surface area contributed by atoms with Crippen molar-refractivity contribution in [1.29, 1.82) is 0 Å². The predicted octanol–water partition coefficient (Wildman–Crippen LogP) is 4.01. The van der Waals surface area contributed by atoms with Crippen molar-refractivity contribution in [3.63, 3.8) is 0 Å². The van der Waals surface area contributed by atoms with E-state index >= 15 is 0 Å². The lowest BCUT2D eigenvalue weighted by Gasteiger charge is -2.21. The minimum atomic E-state index is 0.145. The summed E-state index contributed by atoms with van der Waals surface area (Å²) >= 11 is 0. The average Bonchev–Trinajstić information content (AvgIpc) is 2.93. The lowest BCUT2D eigenvalue weighted by atomic mass is 9.93. The van der Waals surface area contributed by atoms with E-state index in [0.717, 1.165) is 44.2 Å². The van der Waals surface area contributed by atoms with Crippen molar-refractivity contribution >= 4 is 5.78 Å². The summed E-state index contributed by atoms with van der Waals surface area (Å²) in [5.41, 5.74) is 0. The number of furan rings is 1. The largest absolute Gasteiger partial charge is 0.458 e. The van der Waals surface area contributed by atoms with Crippen molar-refractivity contribution < 1.29 is 13.9 Å². The van der Waals surface area contributed by atoms with Crippen LogP contribution in [0.5, 0.6) is 0 Å². The summed E-state index contributed by atoms with van der Waals surface area (Å²) in [6.45, 7) is 3.85.